The fraction of sp³-hybridized carbons (Fsp3) is 0.333. The van der Waals surface area contributed by atoms with Crippen molar-refractivity contribution >= 4 is 21.6 Å². The van der Waals surface area contributed by atoms with E-state index in [0.717, 1.165) is 24.0 Å². The van der Waals surface area contributed by atoms with Gasteiger partial charge in [0.05, 0.1) is 0 Å². The Labute approximate surface area is 135 Å². The van der Waals surface area contributed by atoms with Gasteiger partial charge in [0.15, 0.2) is 0 Å². The molecule has 0 saturated carbocycles. The molecule has 1 N–H and O–H groups in total. The molecule has 1 fully saturated rings. The van der Waals surface area contributed by atoms with Crippen LogP contribution < -0.4 is 10.2 Å². The summed E-state index contributed by atoms with van der Waals surface area (Å²) in [5.41, 5.74) is 2.71. The zero-order valence-electron chi connectivity index (χ0n) is 12.3. The molecule has 0 bridgehead atoms. The maximum Gasteiger partial charge on any atom is 0.0387 e. The first-order valence-electron chi connectivity index (χ1n) is 7.52. The van der Waals surface area contributed by atoms with Gasteiger partial charge in [0.1, 0.15) is 0 Å². The minimum atomic E-state index is 0.507. The van der Waals surface area contributed by atoms with Gasteiger partial charge in [-0.15, -0.1) is 0 Å². The second kappa shape index (κ2) is 6.63. The smallest absolute Gasteiger partial charge is 0.0387 e. The van der Waals surface area contributed by atoms with Gasteiger partial charge in [-0.05, 0) is 43.2 Å². The van der Waals surface area contributed by atoms with Crippen LogP contribution in [0.1, 0.15) is 12.5 Å². The predicted molar refractivity (Wildman–Crippen MR) is 92.9 cm³/mol. The van der Waals surface area contributed by atoms with Gasteiger partial charge in [0.2, 0.25) is 0 Å². The number of hydrogen-bond acceptors (Lipinski definition) is 2. The van der Waals surface area contributed by atoms with Gasteiger partial charge in [0, 0.05) is 35.3 Å². The number of benzene rings is 2. The van der Waals surface area contributed by atoms with Gasteiger partial charge < -0.3 is 10.2 Å². The zero-order chi connectivity index (χ0) is 14.7. The lowest BCUT2D eigenvalue weighted by atomic mass is 10.0. The van der Waals surface area contributed by atoms with E-state index in [1.54, 1.807) is 0 Å². The van der Waals surface area contributed by atoms with Crippen LogP contribution >= 0.6 is 15.9 Å². The highest BCUT2D eigenvalue weighted by Crippen LogP contribution is 2.23. The molecule has 0 spiro atoms. The van der Waals surface area contributed by atoms with E-state index in [9.17, 15) is 0 Å². The summed E-state index contributed by atoms with van der Waals surface area (Å²) < 4.78 is 1.13. The second-order valence-corrected chi connectivity index (χ2v) is 6.69. The molecule has 3 rings (SSSR count). The first-order valence-corrected chi connectivity index (χ1v) is 8.31. The average molecular weight is 345 g/mol. The maximum absolute atomic E-state index is 3.68. The SMILES string of the molecule is CC1CNC(Cc2ccccc2)CN1c1ccc(Br)cc1. The van der Waals surface area contributed by atoms with Crippen molar-refractivity contribution in [3.63, 3.8) is 0 Å². The molecule has 1 aliphatic rings. The number of halogens is 1. The van der Waals surface area contributed by atoms with E-state index >= 15 is 0 Å². The lowest BCUT2D eigenvalue weighted by Gasteiger charge is -2.40. The highest BCUT2D eigenvalue weighted by atomic mass is 79.9. The van der Waals surface area contributed by atoms with Crippen molar-refractivity contribution in [2.45, 2.75) is 25.4 Å². The molecule has 21 heavy (non-hydrogen) atoms. The largest absolute Gasteiger partial charge is 0.366 e. The van der Waals surface area contributed by atoms with Gasteiger partial charge in [-0.1, -0.05) is 46.3 Å². The van der Waals surface area contributed by atoms with Crippen molar-refractivity contribution in [3.05, 3.63) is 64.6 Å². The highest BCUT2D eigenvalue weighted by molar-refractivity contribution is 9.10. The van der Waals surface area contributed by atoms with Crippen LogP contribution in [0.25, 0.3) is 0 Å². The number of nitrogens with zero attached hydrogens (tertiary/aromatic N) is 1. The molecule has 0 amide bonds. The molecule has 0 aliphatic carbocycles. The third-order valence-electron chi connectivity index (χ3n) is 4.13. The lowest BCUT2D eigenvalue weighted by Crippen LogP contribution is -2.56. The van der Waals surface area contributed by atoms with E-state index in [4.69, 9.17) is 0 Å². The lowest BCUT2D eigenvalue weighted by molar-refractivity contribution is 0.403. The Hall–Kier alpha value is -1.32. The van der Waals surface area contributed by atoms with Crippen molar-refractivity contribution in [3.8, 4) is 0 Å². The summed E-state index contributed by atoms with van der Waals surface area (Å²) in [5.74, 6) is 0. The molecule has 0 radical (unpaired) electrons. The normalized spacial score (nSPS) is 22.3. The van der Waals surface area contributed by atoms with E-state index in [1.165, 1.54) is 11.3 Å². The molecule has 0 aromatic heterocycles. The third-order valence-corrected chi connectivity index (χ3v) is 4.66. The topological polar surface area (TPSA) is 15.3 Å². The van der Waals surface area contributed by atoms with Crippen LogP contribution in [0, 0.1) is 0 Å². The molecule has 110 valence electrons. The van der Waals surface area contributed by atoms with E-state index in [2.05, 4.69) is 87.7 Å². The molecule has 2 aromatic rings. The molecule has 1 heterocycles. The Morgan fingerprint density at radius 2 is 1.81 bits per heavy atom. The van der Waals surface area contributed by atoms with Gasteiger partial charge in [0.25, 0.3) is 0 Å². The van der Waals surface area contributed by atoms with Crippen molar-refractivity contribution < 1.29 is 0 Å². The molecular weight excluding hydrogens is 324 g/mol. The maximum atomic E-state index is 3.68. The fourth-order valence-corrected chi connectivity index (χ4v) is 3.22. The van der Waals surface area contributed by atoms with Gasteiger partial charge >= 0.3 is 0 Å². The second-order valence-electron chi connectivity index (χ2n) is 5.77. The van der Waals surface area contributed by atoms with E-state index in [1.807, 2.05) is 0 Å². The highest BCUT2D eigenvalue weighted by Gasteiger charge is 2.25. The number of rotatable bonds is 3. The van der Waals surface area contributed by atoms with Crippen LogP contribution in [-0.4, -0.2) is 25.2 Å². The van der Waals surface area contributed by atoms with Crippen molar-refractivity contribution in [1.29, 1.82) is 0 Å². The minimum absolute atomic E-state index is 0.507. The molecule has 2 unspecified atom stereocenters. The Kier molecular flexibility index (Phi) is 4.61. The van der Waals surface area contributed by atoms with E-state index in [0.29, 0.717) is 12.1 Å². The van der Waals surface area contributed by atoms with Crippen LogP contribution in [0.5, 0.6) is 0 Å². The van der Waals surface area contributed by atoms with Gasteiger partial charge in [-0.25, -0.2) is 0 Å². The molecule has 1 aliphatic heterocycles. The summed E-state index contributed by atoms with van der Waals surface area (Å²) in [6.07, 6.45) is 1.08. The fourth-order valence-electron chi connectivity index (χ4n) is 2.96. The summed E-state index contributed by atoms with van der Waals surface area (Å²) in [6.45, 7) is 4.37. The number of anilines is 1. The molecular formula is C18H21BrN2. The summed E-state index contributed by atoms with van der Waals surface area (Å²) in [5, 5.41) is 3.68. The van der Waals surface area contributed by atoms with Gasteiger partial charge in [-0.3, -0.25) is 0 Å². The third kappa shape index (κ3) is 3.66. The molecule has 2 aromatic carbocycles. The number of hydrogen-bond donors (Lipinski definition) is 1. The average Bonchev–Trinajstić information content (AvgIpc) is 2.51. The quantitative estimate of drug-likeness (QED) is 0.909. The van der Waals surface area contributed by atoms with Crippen molar-refractivity contribution in [2.75, 3.05) is 18.0 Å². The Balaban J connectivity index is 1.71. The first-order chi connectivity index (χ1) is 10.2. The van der Waals surface area contributed by atoms with Crippen molar-refractivity contribution in [1.82, 2.24) is 5.32 Å². The number of piperazine rings is 1. The van der Waals surface area contributed by atoms with E-state index < -0.39 is 0 Å². The van der Waals surface area contributed by atoms with Crippen LogP contribution in [0.15, 0.2) is 59.1 Å². The van der Waals surface area contributed by atoms with Crippen LogP contribution in [0.2, 0.25) is 0 Å². The molecule has 2 nitrogen and oxygen atoms in total. The van der Waals surface area contributed by atoms with E-state index in [-0.39, 0.29) is 0 Å². The predicted octanol–water partition coefficient (Wildman–Crippen LogP) is 3.86. The van der Waals surface area contributed by atoms with Gasteiger partial charge in [-0.2, -0.15) is 0 Å². The standard InChI is InChI=1S/C18H21BrN2/c1-14-12-20-17(11-15-5-3-2-4-6-15)13-21(14)18-9-7-16(19)8-10-18/h2-10,14,17,20H,11-13H2,1H3. The summed E-state index contributed by atoms with van der Waals surface area (Å²) in [7, 11) is 0. The Bertz CT molecular complexity index is 568. The van der Waals surface area contributed by atoms with Crippen molar-refractivity contribution in [2.24, 2.45) is 0 Å². The number of nitrogens with one attached hydrogen (secondary N) is 1. The van der Waals surface area contributed by atoms with Crippen LogP contribution in [-0.2, 0) is 6.42 Å². The summed E-state index contributed by atoms with van der Waals surface area (Å²) >= 11 is 3.51. The molecule has 3 heteroatoms. The monoisotopic (exact) mass is 344 g/mol. The zero-order valence-corrected chi connectivity index (χ0v) is 13.9. The Morgan fingerprint density at radius 1 is 1.10 bits per heavy atom. The summed E-state index contributed by atoms with van der Waals surface area (Å²) in [6, 6.07) is 20.4. The van der Waals surface area contributed by atoms with Crippen LogP contribution in [0.4, 0.5) is 5.69 Å². The minimum Gasteiger partial charge on any atom is -0.366 e. The Morgan fingerprint density at radius 3 is 2.52 bits per heavy atom. The summed E-state index contributed by atoms with van der Waals surface area (Å²) in [4.78, 5) is 2.51. The van der Waals surface area contributed by atoms with Crippen LogP contribution in [0.3, 0.4) is 0 Å². The first kappa shape index (κ1) is 14.6. The molecule has 2 atom stereocenters. The molecule has 1 saturated heterocycles.